The second-order valence-electron chi connectivity index (χ2n) is 9.16. The van der Waals surface area contributed by atoms with E-state index < -0.39 is 61.7 Å². The van der Waals surface area contributed by atoms with Crippen LogP contribution in [0.25, 0.3) is 0 Å². The molecule has 1 fully saturated rings. The topological polar surface area (TPSA) is 79.3 Å². The molecule has 0 aromatic heterocycles. The number of carbonyl (C=O) groups excluding carboxylic acids is 3. The van der Waals surface area contributed by atoms with Gasteiger partial charge in [0.2, 0.25) is 11.8 Å². The fraction of sp³-hybridized carbons (Fsp3) is 0.360. The van der Waals surface area contributed by atoms with Crippen LogP contribution in [0.15, 0.2) is 41.6 Å². The van der Waals surface area contributed by atoms with Gasteiger partial charge in [0, 0.05) is 33.2 Å². The molecular weight excluding hydrogens is 591 g/mol. The molecule has 4 rings (SSSR count). The van der Waals surface area contributed by atoms with E-state index in [2.05, 4.69) is 5.16 Å². The molecule has 214 valence electrons. The number of carbonyl (C=O) groups is 3. The smallest absolute Gasteiger partial charge is 0.374 e. The molecule has 7 nitrogen and oxygen atoms in total. The van der Waals surface area contributed by atoms with Crippen LogP contribution in [-0.2, 0) is 26.4 Å². The highest BCUT2D eigenvalue weighted by Gasteiger charge is 2.62. The highest BCUT2D eigenvalue weighted by Crippen LogP contribution is 2.50. The molecular formula is C25H19Cl2F6N3O4. The van der Waals surface area contributed by atoms with Crippen LogP contribution < -0.4 is 0 Å². The van der Waals surface area contributed by atoms with E-state index in [0.717, 1.165) is 17.0 Å². The van der Waals surface area contributed by atoms with E-state index in [1.54, 1.807) is 6.92 Å². The Labute approximate surface area is 233 Å². The summed E-state index contributed by atoms with van der Waals surface area (Å²) in [4.78, 5) is 43.2. The monoisotopic (exact) mass is 609 g/mol. The van der Waals surface area contributed by atoms with Crippen LogP contribution in [0.4, 0.5) is 26.3 Å². The molecule has 1 atom stereocenters. The Balaban J connectivity index is 1.59. The summed E-state index contributed by atoms with van der Waals surface area (Å²) in [5.74, 6) is -3.18. The fourth-order valence-corrected chi connectivity index (χ4v) is 5.04. The zero-order valence-corrected chi connectivity index (χ0v) is 22.0. The van der Waals surface area contributed by atoms with Gasteiger partial charge in [0.25, 0.3) is 11.5 Å². The largest absolute Gasteiger partial charge is 0.435 e. The van der Waals surface area contributed by atoms with Gasteiger partial charge in [-0.3, -0.25) is 19.3 Å². The van der Waals surface area contributed by atoms with Gasteiger partial charge in [-0.2, -0.15) is 26.3 Å². The first-order valence-electron chi connectivity index (χ1n) is 11.7. The lowest BCUT2D eigenvalue weighted by molar-refractivity contribution is -0.275. The average Bonchev–Trinajstić information content (AvgIpc) is 3.31. The van der Waals surface area contributed by atoms with Gasteiger partial charge in [-0.15, -0.1) is 0 Å². The fourth-order valence-electron chi connectivity index (χ4n) is 4.51. The Kier molecular flexibility index (Phi) is 7.85. The molecule has 1 unspecified atom stereocenters. The van der Waals surface area contributed by atoms with Crippen LogP contribution in [0.2, 0.25) is 10.0 Å². The van der Waals surface area contributed by atoms with Crippen LogP contribution in [0.5, 0.6) is 0 Å². The maximum Gasteiger partial charge on any atom is 0.435 e. The van der Waals surface area contributed by atoms with Gasteiger partial charge >= 0.3 is 12.4 Å². The van der Waals surface area contributed by atoms with Crippen molar-refractivity contribution in [2.75, 3.05) is 19.6 Å². The van der Waals surface area contributed by atoms with Crippen LogP contribution >= 0.6 is 23.2 Å². The number of rotatable bonds is 5. The number of imide groups is 1. The molecule has 15 heteroatoms. The highest BCUT2D eigenvalue weighted by molar-refractivity contribution is 6.34. The van der Waals surface area contributed by atoms with Crippen molar-refractivity contribution in [3.8, 4) is 0 Å². The van der Waals surface area contributed by atoms with Crippen molar-refractivity contribution in [1.82, 2.24) is 9.80 Å². The van der Waals surface area contributed by atoms with Crippen molar-refractivity contribution in [1.29, 1.82) is 0 Å². The summed E-state index contributed by atoms with van der Waals surface area (Å²) in [6, 6.07) is 7.42. The number of amides is 3. The molecule has 0 saturated carbocycles. The van der Waals surface area contributed by atoms with Crippen molar-refractivity contribution < 1.29 is 45.6 Å². The van der Waals surface area contributed by atoms with Crippen LogP contribution in [0.3, 0.4) is 0 Å². The number of alkyl halides is 6. The molecule has 2 aromatic rings. The van der Waals surface area contributed by atoms with E-state index >= 15 is 0 Å². The third-order valence-electron chi connectivity index (χ3n) is 6.44. The maximum atomic E-state index is 14.3. The van der Waals surface area contributed by atoms with Crippen LogP contribution in [0.1, 0.15) is 40.4 Å². The molecule has 0 spiro atoms. The summed E-state index contributed by atoms with van der Waals surface area (Å²) in [5, 5.41) is 3.66. The second-order valence-corrected chi connectivity index (χ2v) is 10.0. The first-order chi connectivity index (χ1) is 18.5. The normalized spacial score (nSPS) is 20.1. The third kappa shape index (κ3) is 5.75. The van der Waals surface area contributed by atoms with E-state index in [1.807, 2.05) is 0 Å². The molecule has 2 aliphatic heterocycles. The lowest BCUT2D eigenvalue weighted by atomic mass is 9.85. The first kappa shape index (κ1) is 29.7. The minimum Gasteiger partial charge on any atom is -0.374 e. The number of benzene rings is 2. The second kappa shape index (κ2) is 10.6. The molecule has 2 aromatic carbocycles. The Morgan fingerprint density at radius 1 is 1.00 bits per heavy atom. The summed E-state index contributed by atoms with van der Waals surface area (Å²) in [7, 11) is 0. The van der Waals surface area contributed by atoms with Crippen molar-refractivity contribution >= 4 is 46.6 Å². The maximum absolute atomic E-state index is 14.3. The average molecular weight is 610 g/mol. The van der Waals surface area contributed by atoms with E-state index in [0.29, 0.717) is 5.56 Å². The number of halogens is 8. The number of hydrogen-bond acceptors (Lipinski definition) is 5. The van der Waals surface area contributed by atoms with Gasteiger partial charge in [-0.25, -0.2) is 0 Å². The standard InChI is InChI=1S/C25H19Cl2F6N3O4/c1-2-13-5-14(22(39)35-10-20(37)36(21(38)11-35)12-24(28,29)30)3-4-18(13)19-9-23(40-34-19,25(31,32)33)15-6-16(26)8-17(27)7-15/h3-8H,2,9-12H2,1H3. The summed E-state index contributed by atoms with van der Waals surface area (Å²) >= 11 is 11.9. The molecule has 40 heavy (non-hydrogen) atoms. The number of aryl methyl sites for hydroxylation is 1. The number of piperazine rings is 1. The van der Waals surface area contributed by atoms with E-state index in [-0.39, 0.29) is 43.8 Å². The Morgan fingerprint density at radius 3 is 2.12 bits per heavy atom. The molecule has 0 aliphatic carbocycles. The molecule has 0 N–H and O–H groups in total. The zero-order valence-electron chi connectivity index (χ0n) is 20.5. The minimum absolute atomic E-state index is 0.0197. The summed E-state index contributed by atoms with van der Waals surface area (Å²) in [6.45, 7) is -1.58. The minimum atomic E-state index is -4.91. The summed E-state index contributed by atoms with van der Waals surface area (Å²) in [5.41, 5.74) is -2.62. The Morgan fingerprint density at radius 2 is 1.60 bits per heavy atom. The van der Waals surface area contributed by atoms with Crippen LogP contribution in [-0.4, -0.2) is 65.2 Å². The lowest BCUT2D eigenvalue weighted by Crippen LogP contribution is -2.57. The quantitative estimate of drug-likeness (QED) is 0.331. The van der Waals surface area contributed by atoms with Gasteiger partial charge in [0.1, 0.15) is 19.6 Å². The van der Waals surface area contributed by atoms with Crippen molar-refractivity contribution in [2.45, 2.75) is 37.7 Å². The molecule has 0 radical (unpaired) electrons. The molecule has 2 aliphatic rings. The number of nitrogens with zero attached hydrogens (tertiary/aromatic N) is 3. The Bertz CT molecular complexity index is 1370. The van der Waals surface area contributed by atoms with Gasteiger partial charge in [0.05, 0.1) is 5.71 Å². The molecule has 3 amide bonds. The lowest BCUT2D eigenvalue weighted by Gasteiger charge is -2.33. The van der Waals surface area contributed by atoms with Gasteiger partial charge < -0.3 is 9.74 Å². The summed E-state index contributed by atoms with van der Waals surface area (Å²) in [6.07, 6.45) is -10.2. The predicted octanol–water partition coefficient (Wildman–Crippen LogP) is 5.51. The third-order valence-corrected chi connectivity index (χ3v) is 6.87. The van der Waals surface area contributed by atoms with E-state index in [9.17, 15) is 40.7 Å². The highest BCUT2D eigenvalue weighted by atomic mass is 35.5. The number of hydrogen-bond donors (Lipinski definition) is 0. The molecule has 1 saturated heterocycles. The Hall–Kier alpha value is -3.32. The number of oxime groups is 1. The van der Waals surface area contributed by atoms with Gasteiger partial charge in [-0.1, -0.05) is 41.3 Å². The molecule has 2 heterocycles. The SMILES string of the molecule is CCc1cc(C(=O)N2CC(=O)N(CC(F)(F)F)C(=O)C2)ccc1C1=NOC(c2cc(Cl)cc(Cl)c2)(C(F)(F)F)C1. The van der Waals surface area contributed by atoms with E-state index in [1.165, 1.54) is 24.3 Å². The van der Waals surface area contributed by atoms with Crippen molar-refractivity contribution in [2.24, 2.45) is 5.16 Å². The van der Waals surface area contributed by atoms with Crippen molar-refractivity contribution in [3.63, 3.8) is 0 Å². The van der Waals surface area contributed by atoms with Gasteiger partial charge in [0.15, 0.2) is 0 Å². The summed E-state index contributed by atoms with van der Waals surface area (Å²) < 4.78 is 81.1. The predicted molar refractivity (Wildman–Crippen MR) is 131 cm³/mol. The van der Waals surface area contributed by atoms with Crippen LogP contribution in [0, 0.1) is 0 Å². The van der Waals surface area contributed by atoms with E-state index in [4.69, 9.17) is 28.0 Å². The van der Waals surface area contributed by atoms with Crippen molar-refractivity contribution in [3.05, 3.63) is 68.7 Å². The molecule has 0 bridgehead atoms. The van der Waals surface area contributed by atoms with Gasteiger partial charge in [-0.05, 0) is 42.3 Å². The first-order valence-corrected chi connectivity index (χ1v) is 12.4. The zero-order chi connectivity index (χ0) is 29.6.